The van der Waals surface area contributed by atoms with E-state index in [-0.39, 0.29) is 0 Å². The summed E-state index contributed by atoms with van der Waals surface area (Å²) in [6.07, 6.45) is 4.38. The molecule has 2 atom stereocenters. The Morgan fingerprint density at radius 2 is 2.25 bits per heavy atom. The van der Waals surface area contributed by atoms with Crippen molar-refractivity contribution in [2.24, 2.45) is 11.7 Å². The number of likely N-dealkylation sites (tertiary alicyclic amines) is 1. The Bertz CT molecular complexity index is 334. The number of piperidine rings is 1. The van der Waals surface area contributed by atoms with Crippen molar-refractivity contribution < 1.29 is 4.42 Å². The Labute approximate surface area is 97.6 Å². The zero-order valence-corrected chi connectivity index (χ0v) is 10.3. The molecule has 0 amide bonds. The first kappa shape index (κ1) is 11.7. The normalized spacial score (nSPS) is 27.2. The topological polar surface area (TPSA) is 42.4 Å². The molecule has 1 fully saturated rings. The van der Waals surface area contributed by atoms with Gasteiger partial charge in [-0.2, -0.15) is 0 Å². The van der Waals surface area contributed by atoms with Gasteiger partial charge in [0.05, 0.1) is 12.8 Å². The molecule has 0 aliphatic carbocycles. The Morgan fingerprint density at radius 1 is 1.44 bits per heavy atom. The first-order valence-corrected chi connectivity index (χ1v) is 6.20. The molecule has 1 saturated heterocycles. The van der Waals surface area contributed by atoms with Gasteiger partial charge < -0.3 is 10.2 Å². The van der Waals surface area contributed by atoms with Gasteiger partial charge in [-0.1, -0.05) is 6.92 Å². The van der Waals surface area contributed by atoms with E-state index in [1.165, 1.54) is 19.4 Å². The minimum absolute atomic E-state index is 0.573. The molecule has 1 aromatic rings. The molecule has 1 aliphatic rings. The standard InChI is InChI=1S/C13H22N2O/c1-10-3-4-11(2)15(8-10)9-13-12(7-14)5-6-16-13/h5-6,10-11H,3-4,7-9,14H2,1-2H3. The molecule has 0 bridgehead atoms. The van der Waals surface area contributed by atoms with Crippen molar-refractivity contribution in [3.05, 3.63) is 23.7 Å². The van der Waals surface area contributed by atoms with Crippen LogP contribution in [0.5, 0.6) is 0 Å². The Morgan fingerprint density at radius 3 is 3.00 bits per heavy atom. The van der Waals surface area contributed by atoms with Crippen LogP contribution in [0.2, 0.25) is 0 Å². The number of hydrogen-bond donors (Lipinski definition) is 1. The van der Waals surface area contributed by atoms with Crippen molar-refractivity contribution in [2.75, 3.05) is 6.54 Å². The van der Waals surface area contributed by atoms with Gasteiger partial charge in [-0.3, -0.25) is 4.90 Å². The molecule has 2 rings (SSSR count). The first-order chi connectivity index (χ1) is 7.70. The summed E-state index contributed by atoms with van der Waals surface area (Å²) in [6.45, 7) is 7.28. The first-order valence-electron chi connectivity index (χ1n) is 6.20. The fraction of sp³-hybridized carbons (Fsp3) is 0.692. The summed E-state index contributed by atoms with van der Waals surface area (Å²) in [5.41, 5.74) is 6.83. The minimum Gasteiger partial charge on any atom is -0.468 e. The van der Waals surface area contributed by atoms with Crippen molar-refractivity contribution in [1.82, 2.24) is 4.90 Å². The quantitative estimate of drug-likeness (QED) is 0.853. The molecule has 0 radical (unpaired) electrons. The highest BCUT2D eigenvalue weighted by Crippen LogP contribution is 2.24. The molecule has 3 heteroatoms. The molecule has 0 aromatic carbocycles. The lowest BCUT2D eigenvalue weighted by molar-refractivity contribution is 0.108. The maximum Gasteiger partial charge on any atom is 0.122 e. The van der Waals surface area contributed by atoms with E-state index in [4.69, 9.17) is 10.2 Å². The van der Waals surface area contributed by atoms with Crippen LogP contribution in [0.3, 0.4) is 0 Å². The van der Waals surface area contributed by atoms with Gasteiger partial charge in [-0.25, -0.2) is 0 Å². The molecule has 1 aliphatic heterocycles. The van der Waals surface area contributed by atoms with Crippen LogP contribution >= 0.6 is 0 Å². The van der Waals surface area contributed by atoms with Gasteiger partial charge >= 0.3 is 0 Å². The third kappa shape index (κ3) is 2.47. The zero-order chi connectivity index (χ0) is 11.5. The summed E-state index contributed by atoms with van der Waals surface area (Å²) >= 11 is 0. The van der Waals surface area contributed by atoms with Crippen molar-refractivity contribution in [3.8, 4) is 0 Å². The van der Waals surface area contributed by atoms with Crippen LogP contribution in [0.15, 0.2) is 16.7 Å². The zero-order valence-electron chi connectivity index (χ0n) is 10.3. The molecule has 2 unspecified atom stereocenters. The molecule has 90 valence electrons. The number of nitrogens with zero attached hydrogens (tertiary/aromatic N) is 1. The van der Waals surface area contributed by atoms with E-state index >= 15 is 0 Å². The monoisotopic (exact) mass is 222 g/mol. The molecule has 2 heterocycles. The second-order valence-corrected chi connectivity index (χ2v) is 5.03. The van der Waals surface area contributed by atoms with Crippen molar-refractivity contribution in [2.45, 2.75) is 45.8 Å². The second kappa shape index (κ2) is 5.02. The van der Waals surface area contributed by atoms with E-state index in [9.17, 15) is 0 Å². The van der Waals surface area contributed by atoms with Crippen LogP contribution in [0.25, 0.3) is 0 Å². The minimum atomic E-state index is 0.573. The van der Waals surface area contributed by atoms with Gasteiger partial charge in [-0.15, -0.1) is 0 Å². The smallest absolute Gasteiger partial charge is 0.122 e. The van der Waals surface area contributed by atoms with Gasteiger partial charge in [-0.05, 0) is 31.7 Å². The van der Waals surface area contributed by atoms with E-state index in [2.05, 4.69) is 18.7 Å². The predicted octanol–water partition coefficient (Wildman–Crippen LogP) is 2.36. The molecular weight excluding hydrogens is 200 g/mol. The Hall–Kier alpha value is -0.800. The largest absolute Gasteiger partial charge is 0.468 e. The summed E-state index contributed by atoms with van der Waals surface area (Å²) in [5, 5.41) is 0. The Balaban J connectivity index is 2.02. The predicted molar refractivity (Wildman–Crippen MR) is 64.9 cm³/mol. The highest BCUT2D eigenvalue weighted by Gasteiger charge is 2.24. The van der Waals surface area contributed by atoms with Crippen molar-refractivity contribution in [3.63, 3.8) is 0 Å². The molecule has 0 saturated carbocycles. The average Bonchev–Trinajstić information content (AvgIpc) is 2.71. The molecule has 0 spiro atoms. The summed E-state index contributed by atoms with van der Waals surface area (Å²) in [6, 6.07) is 2.64. The number of rotatable bonds is 3. The van der Waals surface area contributed by atoms with E-state index in [1.54, 1.807) is 6.26 Å². The van der Waals surface area contributed by atoms with Crippen LogP contribution in [-0.2, 0) is 13.1 Å². The Kier molecular flexibility index (Phi) is 3.66. The average molecular weight is 222 g/mol. The van der Waals surface area contributed by atoms with Gasteiger partial charge in [0, 0.05) is 24.7 Å². The third-order valence-electron chi connectivity index (χ3n) is 3.65. The maximum absolute atomic E-state index is 5.68. The lowest BCUT2D eigenvalue weighted by Crippen LogP contribution is -2.40. The van der Waals surface area contributed by atoms with E-state index in [0.29, 0.717) is 12.6 Å². The van der Waals surface area contributed by atoms with Crippen molar-refractivity contribution in [1.29, 1.82) is 0 Å². The summed E-state index contributed by atoms with van der Waals surface area (Å²) in [4.78, 5) is 2.51. The van der Waals surface area contributed by atoms with Crippen LogP contribution in [0.4, 0.5) is 0 Å². The molecule has 3 nitrogen and oxygen atoms in total. The van der Waals surface area contributed by atoms with Gasteiger partial charge in [0.1, 0.15) is 5.76 Å². The molecule has 1 aromatic heterocycles. The summed E-state index contributed by atoms with van der Waals surface area (Å²) < 4.78 is 5.52. The van der Waals surface area contributed by atoms with E-state index in [0.717, 1.165) is 23.8 Å². The van der Waals surface area contributed by atoms with Crippen molar-refractivity contribution >= 4 is 0 Å². The highest BCUT2D eigenvalue weighted by atomic mass is 16.3. The second-order valence-electron chi connectivity index (χ2n) is 5.03. The van der Waals surface area contributed by atoms with E-state index < -0.39 is 0 Å². The summed E-state index contributed by atoms with van der Waals surface area (Å²) in [7, 11) is 0. The fourth-order valence-electron chi connectivity index (χ4n) is 2.47. The molecule has 16 heavy (non-hydrogen) atoms. The van der Waals surface area contributed by atoms with Crippen LogP contribution in [-0.4, -0.2) is 17.5 Å². The fourth-order valence-corrected chi connectivity index (χ4v) is 2.47. The third-order valence-corrected chi connectivity index (χ3v) is 3.65. The molecule has 2 N–H and O–H groups in total. The lowest BCUT2D eigenvalue weighted by atomic mass is 9.95. The van der Waals surface area contributed by atoms with Crippen LogP contribution in [0.1, 0.15) is 38.0 Å². The van der Waals surface area contributed by atoms with Crippen LogP contribution < -0.4 is 5.73 Å². The van der Waals surface area contributed by atoms with Gasteiger partial charge in [0.2, 0.25) is 0 Å². The summed E-state index contributed by atoms with van der Waals surface area (Å²) in [5.74, 6) is 1.84. The highest BCUT2D eigenvalue weighted by molar-refractivity contribution is 5.16. The maximum atomic E-state index is 5.68. The van der Waals surface area contributed by atoms with Gasteiger partial charge in [0.25, 0.3) is 0 Å². The van der Waals surface area contributed by atoms with E-state index in [1.807, 2.05) is 6.07 Å². The number of furan rings is 1. The van der Waals surface area contributed by atoms with Crippen LogP contribution in [0, 0.1) is 5.92 Å². The SMILES string of the molecule is CC1CCC(C)N(Cc2occc2CN)C1. The lowest BCUT2D eigenvalue weighted by Gasteiger charge is -2.36. The molecular formula is C13H22N2O. The van der Waals surface area contributed by atoms with Gasteiger partial charge in [0.15, 0.2) is 0 Å². The number of nitrogens with two attached hydrogens (primary N) is 1. The number of hydrogen-bond acceptors (Lipinski definition) is 3.